The molecule has 0 radical (unpaired) electrons. The standard InChI is InChI=1S/C12H16F3NO3/c1-19-10-3-2-7(6-8(10)12(13,14)15)11(18)9(17)4-5-16/h2-3,6,9,11,17-18H,4-5,16H2,1H3. The summed E-state index contributed by atoms with van der Waals surface area (Å²) >= 11 is 0. The SMILES string of the molecule is COc1ccc(C(O)C(O)CCN)cc1C(F)(F)F. The third-order valence-electron chi connectivity index (χ3n) is 2.70. The number of aliphatic hydroxyl groups excluding tert-OH is 2. The van der Waals surface area contributed by atoms with E-state index in [2.05, 4.69) is 4.74 Å². The van der Waals surface area contributed by atoms with Crippen LogP contribution < -0.4 is 10.5 Å². The van der Waals surface area contributed by atoms with Gasteiger partial charge in [-0.25, -0.2) is 0 Å². The first-order valence-corrected chi connectivity index (χ1v) is 5.62. The van der Waals surface area contributed by atoms with Crippen molar-refractivity contribution in [2.75, 3.05) is 13.7 Å². The van der Waals surface area contributed by atoms with Gasteiger partial charge in [-0.3, -0.25) is 0 Å². The highest BCUT2D eigenvalue weighted by atomic mass is 19.4. The summed E-state index contributed by atoms with van der Waals surface area (Å²) in [6.07, 6.45) is -7.14. The lowest BCUT2D eigenvalue weighted by molar-refractivity contribution is -0.138. The van der Waals surface area contributed by atoms with E-state index in [4.69, 9.17) is 5.73 Å². The summed E-state index contributed by atoms with van der Waals surface area (Å²) in [6, 6.07) is 3.15. The lowest BCUT2D eigenvalue weighted by atomic mass is 9.99. The Bertz CT molecular complexity index is 423. The third-order valence-corrected chi connectivity index (χ3v) is 2.70. The molecule has 1 aromatic rings. The van der Waals surface area contributed by atoms with Crippen molar-refractivity contribution in [3.8, 4) is 5.75 Å². The lowest BCUT2D eigenvalue weighted by Crippen LogP contribution is -2.22. The van der Waals surface area contributed by atoms with E-state index in [-0.39, 0.29) is 24.3 Å². The summed E-state index contributed by atoms with van der Waals surface area (Å²) in [5.41, 5.74) is 4.19. The van der Waals surface area contributed by atoms with E-state index in [9.17, 15) is 23.4 Å². The van der Waals surface area contributed by atoms with Gasteiger partial charge in [-0.2, -0.15) is 13.2 Å². The van der Waals surface area contributed by atoms with Crippen LogP contribution in [0.4, 0.5) is 13.2 Å². The average molecular weight is 279 g/mol. The van der Waals surface area contributed by atoms with Gasteiger partial charge in [-0.05, 0) is 30.7 Å². The van der Waals surface area contributed by atoms with E-state index in [1.807, 2.05) is 0 Å². The summed E-state index contributed by atoms with van der Waals surface area (Å²) in [5.74, 6) is -0.336. The highest BCUT2D eigenvalue weighted by molar-refractivity contribution is 5.40. The van der Waals surface area contributed by atoms with Crippen LogP contribution in [0.1, 0.15) is 23.7 Å². The van der Waals surface area contributed by atoms with Crippen molar-refractivity contribution >= 4 is 0 Å². The molecule has 0 bridgehead atoms. The molecule has 0 heterocycles. The fraction of sp³-hybridized carbons (Fsp3) is 0.500. The Labute approximate surface area is 108 Å². The molecule has 4 nitrogen and oxygen atoms in total. The molecule has 0 amide bonds. The lowest BCUT2D eigenvalue weighted by Gasteiger charge is -2.20. The number of rotatable bonds is 5. The van der Waals surface area contributed by atoms with E-state index in [0.717, 1.165) is 19.2 Å². The maximum atomic E-state index is 12.8. The third kappa shape index (κ3) is 3.82. The molecule has 1 rings (SSSR count). The first-order valence-electron chi connectivity index (χ1n) is 5.62. The maximum absolute atomic E-state index is 12.8. The Morgan fingerprint density at radius 3 is 2.42 bits per heavy atom. The Morgan fingerprint density at radius 1 is 1.32 bits per heavy atom. The predicted molar refractivity (Wildman–Crippen MR) is 62.6 cm³/mol. The highest BCUT2D eigenvalue weighted by Gasteiger charge is 2.35. The molecule has 0 saturated heterocycles. The molecule has 0 aliphatic rings. The molecule has 0 fully saturated rings. The smallest absolute Gasteiger partial charge is 0.419 e. The van der Waals surface area contributed by atoms with E-state index >= 15 is 0 Å². The Hall–Kier alpha value is -1.31. The molecule has 2 atom stereocenters. The van der Waals surface area contributed by atoms with Crippen molar-refractivity contribution in [3.05, 3.63) is 29.3 Å². The van der Waals surface area contributed by atoms with Gasteiger partial charge in [0.05, 0.1) is 18.8 Å². The van der Waals surface area contributed by atoms with Gasteiger partial charge < -0.3 is 20.7 Å². The van der Waals surface area contributed by atoms with E-state index in [1.54, 1.807) is 0 Å². The highest BCUT2D eigenvalue weighted by Crippen LogP contribution is 2.38. The first kappa shape index (κ1) is 15.7. The topological polar surface area (TPSA) is 75.7 Å². The van der Waals surface area contributed by atoms with Crippen molar-refractivity contribution in [3.63, 3.8) is 0 Å². The molecule has 0 spiro atoms. The van der Waals surface area contributed by atoms with Crippen LogP contribution in [0.5, 0.6) is 5.75 Å². The summed E-state index contributed by atoms with van der Waals surface area (Å²) in [6.45, 7) is 0.126. The van der Waals surface area contributed by atoms with E-state index in [1.165, 1.54) is 6.07 Å². The fourth-order valence-corrected chi connectivity index (χ4v) is 1.68. The van der Waals surface area contributed by atoms with Crippen LogP contribution >= 0.6 is 0 Å². The van der Waals surface area contributed by atoms with E-state index < -0.39 is 23.9 Å². The molecular formula is C12H16F3NO3. The van der Waals surface area contributed by atoms with Crippen LogP contribution in [0, 0.1) is 0 Å². The molecule has 0 saturated carbocycles. The fourth-order valence-electron chi connectivity index (χ4n) is 1.68. The van der Waals surface area contributed by atoms with Crippen molar-refractivity contribution in [2.24, 2.45) is 5.73 Å². The van der Waals surface area contributed by atoms with Crippen molar-refractivity contribution in [1.82, 2.24) is 0 Å². The number of benzene rings is 1. The van der Waals surface area contributed by atoms with Crippen LogP contribution in [0.15, 0.2) is 18.2 Å². The minimum atomic E-state index is -4.60. The number of nitrogens with two attached hydrogens (primary N) is 1. The number of hydrogen-bond acceptors (Lipinski definition) is 4. The molecule has 108 valence electrons. The Morgan fingerprint density at radius 2 is 1.95 bits per heavy atom. The van der Waals surface area contributed by atoms with E-state index in [0.29, 0.717) is 0 Å². The molecule has 1 aromatic carbocycles. The predicted octanol–water partition coefficient (Wildman–Crippen LogP) is 1.46. The zero-order valence-electron chi connectivity index (χ0n) is 10.3. The second-order valence-electron chi connectivity index (χ2n) is 4.05. The van der Waals surface area contributed by atoms with Crippen LogP contribution in [0.25, 0.3) is 0 Å². The van der Waals surface area contributed by atoms with Gasteiger partial charge in [0.2, 0.25) is 0 Å². The largest absolute Gasteiger partial charge is 0.496 e. The maximum Gasteiger partial charge on any atom is 0.419 e. The Balaban J connectivity index is 3.11. The van der Waals surface area contributed by atoms with Gasteiger partial charge in [-0.1, -0.05) is 6.07 Å². The van der Waals surface area contributed by atoms with Crippen LogP contribution in [-0.4, -0.2) is 30.0 Å². The number of aliphatic hydroxyl groups is 2. The quantitative estimate of drug-likeness (QED) is 0.762. The monoisotopic (exact) mass is 279 g/mol. The van der Waals surface area contributed by atoms with Crippen molar-refractivity contribution < 1.29 is 28.1 Å². The summed E-state index contributed by atoms with van der Waals surface area (Å²) in [5, 5.41) is 19.3. The second-order valence-corrected chi connectivity index (χ2v) is 4.05. The van der Waals surface area contributed by atoms with Gasteiger partial charge in [0.15, 0.2) is 0 Å². The number of methoxy groups -OCH3 is 1. The van der Waals surface area contributed by atoms with Gasteiger partial charge >= 0.3 is 6.18 Å². The van der Waals surface area contributed by atoms with Gasteiger partial charge in [0, 0.05) is 0 Å². The number of alkyl halides is 3. The van der Waals surface area contributed by atoms with Crippen molar-refractivity contribution in [2.45, 2.75) is 24.8 Å². The second kappa shape index (κ2) is 6.23. The van der Waals surface area contributed by atoms with Crippen LogP contribution in [-0.2, 0) is 6.18 Å². The zero-order valence-corrected chi connectivity index (χ0v) is 10.3. The molecular weight excluding hydrogens is 263 g/mol. The van der Waals surface area contributed by atoms with Crippen LogP contribution in [0.3, 0.4) is 0 Å². The number of halogens is 3. The van der Waals surface area contributed by atoms with Crippen molar-refractivity contribution in [1.29, 1.82) is 0 Å². The zero-order chi connectivity index (χ0) is 14.6. The minimum absolute atomic E-state index is 0.0333. The normalized spacial score (nSPS) is 15.1. The molecule has 2 unspecified atom stereocenters. The number of ether oxygens (including phenoxy) is 1. The molecule has 0 aromatic heterocycles. The summed E-state index contributed by atoms with van der Waals surface area (Å²) in [7, 11) is 1.13. The molecule has 0 aliphatic heterocycles. The van der Waals surface area contributed by atoms with Gasteiger partial charge in [-0.15, -0.1) is 0 Å². The molecule has 0 aliphatic carbocycles. The first-order chi connectivity index (χ1) is 8.81. The van der Waals surface area contributed by atoms with Gasteiger partial charge in [0.1, 0.15) is 11.9 Å². The average Bonchev–Trinajstić information content (AvgIpc) is 2.36. The summed E-state index contributed by atoms with van der Waals surface area (Å²) in [4.78, 5) is 0. The molecule has 7 heteroatoms. The minimum Gasteiger partial charge on any atom is -0.496 e. The number of hydrogen-bond donors (Lipinski definition) is 3. The van der Waals surface area contributed by atoms with Gasteiger partial charge in [0.25, 0.3) is 0 Å². The molecule has 19 heavy (non-hydrogen) atoms. The molecule has 4 N–H and O–H groups in total. The van der Waals surface area contributed by atoms with Crippen LogP contribution in [0.2, 0.25) is 0 Å². The summed E-state index contributed by atoms with van der Waals surface area (Å²) < 4.78 is 43.0. The Kier molecular flexibility index (Phi) is 5.16.